The Hall–Kier alpha value is -0.528. The van der Waals surface area contributed by atoms with E-state index in [1.165, 1.54) is 0 Å². The molecule has 0 spiro atoms. The summed E-state index contributed by atoms with van der Waals surface area (Å²) in [5.74, 6) is -1.07. The first-order valence-corrected chi connectivity index (χ1v) is 3.52. The van der Waals surface area contributed by atoms with Gasteiger partial charge in [0.1, 0.15) is 6.42 Å². The molecule has 0 N–H and O–H groups in total. The van der Waals surface area contributed by atoms with Gasteiger partial charge in [-0.3, -0.25) is 9.59 Å². The molecule has 0 heterocycles. The van der Waals surface area contributed by atoms with Gasteiger partial charge in [-0.25, -0.2) is 0 Å². The number of carbonyl (C=O) groups is 2. The van der Waals surface area contributed by atoms with E-state index in [1.807, 2.05) is 0 Å². The smallest absolute Gasteiger partial charge is 0.466 e. The molecule has 0 amide bonds. The summed E-state index contributed by atoms with van der Waals surface area (Å²) in [6.45, 7) is 3.95. The summed E-state index contributed by atoms with van der Waals surface area (Å²) in [6.07, 6.45) is -0.290. The zero-order valence-corrected chi connectivity index (χ0v) is 8.49. The van der Waals surface area contributed by atoms with Crippen molar-refractivity contribution in [1.82, 2.24) is 0 Å². The molecule has 64 valence electrons. The van der Waals surface area contributed by atoms with Gasteiger partial charge in [-0.05, 0) is 13.8 Å². The average molecular weight is 187 g/mol. The Bertz CT molecular complexity index is 130. The van der Waals surface area contributed by atoms with Crippen molar-refractivity contribution < 1.29 is 19.1 Å². The van der Waals surface area contributed by atoms with Crippen LogP contribution >= 0.6 is 0 Å². The molecule has 0 aliphatic carbocycles. The van der Waals surface area contributed by atoms with Crippen molar-refractivity contribution in [2.45, 2.75) is 20.3 Å². The van der Waals surface area contributed by atoms with Crippen LogP contribution in [0.1, 0.15) is 20.3 Å². The van der Waals surface area contributed by atoms with Gasteiger partial charge in [-0.1, -0.05) is 0 Å². The maximum Gasteiger partial charge on any atom is 3.00 e. The van der Waals surface area contributed by atoms with Gasteiger partial charge in [0.05, 0.1) is 13.2 Å². The molecule has 4 nitrogen and oxygen atoms in total. The fourth-order valence-electron chi connectivity index (χ4n) is 0.542. The summed E-state index contributed by atoms with van der Waals surface area (Å²) < 4.78 is 9.04. The van der Waals surface area contributed by atoms with E-state index in [9.17, 15) is 9.59 Å². The molecule has 0 atom stereocenters. The van der Waals surface area contributed by atoms with Crippen LogP contribution in [0.5, 0.6) is 0 Å². The molecule has 0 aliphatic rings. The number of rotatable bonds is 4. The fraction of sp³-hybridized carbons (Fsp3) is 0.714. The van der Waals surface area contributed by atoms with Crippen LogP contribution in [-0.2, 0) is 19.1 Å². The third kappa shape index (κ3) is 7.58. The molecule has 12 heavy (non-hydrogen) atoms. The van der Waals surface area contributed by atoms with Crippen molar-refractivity contribution >= 4 is 29.3 Å². The Kier molecular flexibility index (Phi) is 10.0. The van der Waals surface area contributed by atoms with Crippen molar-refractivity contribution in [2.75, 3.05) is 13.2 Å². The molecule has 0 fully saturated rings. The number of ether oxygens (including phenoxy) is 2. The van der Waals surface area contributed by atoms with E-state index in [2.05, 4.69) is 9.47 Å². The van der Waals surface area contributed by atoms with Gasteiger partial charge in [0.25, 0.3) is 0 Å². The van der Waals surface area contributed by atoms with Crippen LogP contribution in [0.25, 0.3) is 0 Å². The van der Waals surface area contributed by atoms with Crippen molar-refractivity contribution in [1.29, 1.82) is 0 Å². The monoisotopic (exact) mass is 187 g/mol. The molecule has 0 radical (unpaired) electrons. The molecule has 0 unspecified atom stereocenters. The fourth-order valence-corrected chi connectivity index (χ4v) is 0.542. The number of esters is 2. The zero-order valence-electron chi connectivity index (χ0n) is 7.33. The topological polar surface area (TPSA) is 52.6 Å². The molecule has 0 saturated heterocycles. The van der Waals surface area contributed by atoms with Crippen LogP contribution in [0.4, 0.5) is 0 Å². The zero-order chi connectivity index (χ0) is 8.69. The summed E-state index contributed by atoms with van der Waals surface area (Å²) >= 11 is 0. The van der Waals surface area contributed by atoms with E-state index < -0.39 is 11.9 Å². The molecular weight excluding hydrogens is 175 g/mol. The maximum atomic E-state index is 10.6. The second kappa shape index (κ2) is 8.57. The normalized spacial score (nSPS) is 8.17. The van der Waals surface area contributed by atoms with E-state index >= 15 is 0 Å². The summed E-state index contributed by atoms with van der Waals surface area (Å²) in [4.78, 5) is 21.2. The number of hydrogen-bond acceptors (Lipinski definition) is 4. The Morgan fingerprint density at radius 2 is 1.33 bits per heavy atom. The van der Waals surface area contributed by atoms with E-state index in [0.29, 0.717) is 0 Å². The first-order valence-electron chi connectivity index (χ1n) is 3.52. The Morgan fingerprint density at radius 3 is 1.58 bits per heavy atom. The number of hydrogen-bond donors (Lipinski definition) is 0. The molecule has 0 aromatic heterocycles. The van der Waals surface area contributed by atoms with Crippen LogP contribution in [0, 0.1) is 0 Å². The van der Waals surface area contributed by atoms with Gasteiger partial charge < -0.3 is 9.47 Å². The Labute approximate surface area is 82.4 Å². The van der Waals surface area contributed by atoms with E-state index in [0.717, 1.165) is 0 Å². The van der Waals surface area contributed by atoms with E-state index in [4.69, 9.17) is 0 Å². The molecule has 0 bridgehead atoms. The molecule has 0 rings (SSSR count). The second-order valence-corrected chi connectivity index (χ2v) is 1.79. The number of carbonyl (C=O) groups excluding carboxylic acids is 2. The van der Waals surface area contributed by atoms with Crippen LogP contribution in [-0.4, -0.2) is 42.5 Å². The predicted octanol–water partition coefficient (Wildman–Crippen LogP) is 0.122. The summed E-state index contributed by atoms with van der Waals surface area (Å²) in [5, 5.41) is 0. The molecule has 5 heteroatoms. The molecule has 0 saturated carbocycles. The first kappa shape index (κ1) is 14.0. The second-order valence-electron chi connectivity index (χ2n) is 1.79. The molecular formula is C7H12AlO4+3. The van der Waals surface area contributed by atoms with Gasteiger partial charge in [0, 0.05) is 0 Å². The quantitative estimate of drug-likeness (QED) is 0.356. The standard InChI is InChI=1S/C7H12O4.Al/c1-3-10-6(8)5-7(9)11-4-2;/h3-5H2,1-2H3;/q;+3. The maximum absolute atomic E-state index is 10.6. The largest absolute Gasteiger partial charge is 3.00 e. The predicted molar refractivity (Wildman–Crippen MR) is 43.6 cm³/mol. The van der Waals surface area contributed by atoms with Crippen LogP contribution in [0.15, 0.2) is 0 Å². The minimum atomic E-state index is -0.536. The SMILES string of the molecule is CCOC(=O)CC(=O)OCC.[Al+3]. The van der Waals surface area contributed by atoms with Crippen LogP contribution in [0.2, 0.25) is 0 Å². The van der Waals surface area contributed by atoms with Gasteiger partial charge in [-0.15, -0.1) is 0 Å². The minimum Gasteiger partial charge on any atom is -0.466 e. The summed E-state index contributed by atoms with van der Waals surface area (Å²) in [7, 11) is 0. The van der Waals surface area contributed by atoms with Gasteiger partial charge in [0.15, 0.2) is 0 Å². The third-order valence-corrected chi connectivity index (χ3v) is 0.899. The first-order chi connectivity index (χ1) is 5.20. The van der Waals surface area contributed by atoms with Gasteiger partial charge >= 0.3 is 29.3 Å². The Morgan fingerprint density at radius 1 is 1.00 bits per heavy atom. The molecule has 0 aliphatic heterocycles. The summed E-state index contributed by atoms with van der Waals surface area (Å²) in [6, 6.07) is 0. The van der Waals surface area contributed by atoms with Crippen LogP contribution in [0.3, 0.4) is 0 Å². The molecule has 0 aromatic rings. The van der Waals surface area contributed by atoms with E-state index in [-0.39, 0.29) is 37.0 Å². The van der Waals surface area contributed by atoms with Crippen molar-refractivity contribution in [3.63, 3.8) is 0 Å². The van der Waals surface area contributed by atoms with Crippen molar-refractivity contribution in [2.24, 2.45) is 0 Å². The van der Waals surface area contributed by atoms with Gasteiger partial charge in [0.2, 0.25) is 0 Å². The van der Waals surface area contributed by atoms with Crippen molar-refractivity contribution in [3.05, 3.63) is 0 Å². The summed E-state index contributed by atoms with van der Waals surface area (Å²) in [5.41, 5.74) is 0. The van der Waals surface area contributed by atoms with E-state index in [1.54, 1.807) is 13.8 Å². The van der Waals surface area contributed by atoms with Crippen LogP contribution < -0.4 is 0 Å². The minimum absolute atomic E-state index is 0. The Balaban J connectivity index is 0. The van der Waals surface area contributed by atoms with Crippen molar-refractivity contribution in [3.8, 4) is 0 Å². The average Bonchev–Trinajstić information content (AvgIpc) is 1.87. The molecule has 0 aromatic carbocycles. The third-order valence-electron chi connectivity index (χ3n) is 0.899. The van der Waals surface area contributed by atoms with Gasteiger partial charge in [-0.2, -0.15) is 0 Å².